The molecular formula is C20H19F3N2O3. The van der Waals surface area contributed by atoms with Crippen LogP contribution in [0.5, 0.6) is 5.75 Å². The lowest BCUT2D eigenvalue weighted by Crippen LogP contribution is -2.46. The van der Waals surface area contributed by atoms with Crippen LogP contribution in [0, 0.1) is 6.92 Å². The van der Waals surface area contributed by atoms with E-state index < -0.39 is 17.7 Å². The standard InChI is InChI=1S/C20H19F3N2O3/c1-12-8-13(17(24)26)10-15(9-12)25-18(27)19(6-3-7-19)14-4-2-5-16(11-14)28-20(21,22)23/h2,4-5,8-11H,3,6-7H2,1H3,(H2,24,26)(H,25,27). The summed E-state index contributed by atoms with van der Waals surface area (Å²) in [6, 6.07) is 10.3. The highest BCUT2D eigenvalue weighted by Gasteiger charge is 2.46. The maximum Gasteiger partial charge on any atom is 0.573 e. The molecule has 2 aromatic rings. The number of alkyl halides is 3. The molecular weight excluding hydrogens is 373 g/mol. The average molecular weight is 392 g/mol. The van der Waals surface area contributed by atoms with E-state index in [1.807, 2.05) is 0 Å². The van der Waals surface area contributed by atoms with Crippen LogP contribution in [-0.2, 0) is 10.2 Å². The first kappa shape index (κ1) is 19.7. The number of carbonyl (C=O) groups is 2. The van der Waals surface area contributed by atoms with Crippen LogP contribution in [0.2, 0.25) is 0 Å². The summed E-state index contributed by atoms with van der Waals surface area (Å²) in [6.07, 6.45) is -3.02. The minimum absolute atomic E-state index is 0.263. The first-order valence-electron chi connectivity index (χ1n) is 8.68. The number of carbonyl (C=O) groups excluding carboxylic acids is 2. The highest BCUT2D eigenvalue weighted by molar-refractivity contribution is 6.01. The van der Waals surface area contributed by atoms with Gasteiger partial charge >= 0.3 is 6.36 Å². The molecule has 28 heavy (non-hydrogen) atoms. The van der Waals surface area contributed by atoms with Gasteiger partial charge in [-0.1, -0.05) is 18.6 Å². The second-order valence-corrected chi connectivity index (χ2v) is 6.92. The van der Waals surface area contributed by atoms with Crippen molar-refractivity contribution in [1.29, 1.82) is 0 Å². The van der Waals surface area contributed by atoms with Gasteiger partial charge in [-0.05, 0) is 61.2 Å². The van der Waals surface area contributed by atoms with E-state index in [-0.39, 0.29) is 17.2 Å². The molecule has 0 aromatic heterocycles. The molecule has 1 saturated carbocycles. The van der Waals surface area contributed by atoms with Gasteiger partial charge in [0.25, 0.3) is 0 Å². The number of benzene rings is 2. The Morgan fingerprint density at radius 2 is 1.86 bits per heavy atom. The molecule has 0 bridgehead atoms. The second-order valence-electron chi connectivity index (χ2n) is 6.92. The Morgan fingerprint density at radius 1 is 1.14 bits per heavy atom. The minimum atomic E-state index is -4.81. The Bertz CT molecular complexity index is 921. The van der Waals surface area contributed by atoms with Gasteiger partial charge in [0.15, 0.2) is 0 Å². The summed E-state index contributed by atoms with van der Waals surface area (Å²) in [5, 5.41) is 2.78. The van der Waals surface area contributed by atoms with E-state index >= 15 is 0 Å². The molecule has 0 aliphatic heterocycles. The lowest BCUT2D eigenvalue weighted by atomic mass is 9.63. The molecule has 3 N–H and O–H groups in total. The van der Waals surface area contributed by atoms with Gasteiger partial charge in [-0.15, -0.1) is 13.2 Å². The van der Waals surface area contributed by atoms with E-state index in [0.717, 1.165) is 12.0 Å². The molecule has 3 rings (SSSR count). The fourth-order valence-electron chi connectivity index (χ4n) is 3.42. The molecule has 0 unspecified atom stereocenters. The molecule has 2 aromatic carbocycles. The summed E-state index contributed by atoms with van der Waals surface area (Å²) in [5.41, 5.74) is 6.24. The van der Waals surface area contributed by atoms with E-state index in [0.29, 0.717) is 24.1 Å². The molecule has 0 spiro atoms. The fourth-order valence-corrected chi connectivity index (χ4v) is 3.42. The number of rotatable bonds is 5. The molecule has 1 fully saturated rings. The Balaban J connectivity index is 1.88. The van der Waals surface area contributed by atoms with Gasteiger partial charge in [0.1, 0.15) is 5.75 Å². The molecule has 148 valence electrons. The number of anilines is 1. The lowest BCUT2D eigenvalue weighted by molar-refractivity contribution is -0.274. The van der Waals surface area contributed by atoms with Gasteiger partial charge in [-0.3, -0.25) is 9.59 Å². The molecule has 0 heterocycles. The smallest absolute Gasteiger partial charge is 0.406 e. The van der Waals surface area contributed by atoms with Crippen molar-refractivity contribution < 1.29 is 27.5 Å². The van der Waals surface area contributed by atoms with Crippen molar-refractivity contribution in [1.82, 2.24) is 0 Å². The molecule has 5 nitrogen and oxygen atoms in total. The summed E-state index contributed by atoms with van der Waals surface area (Å²) in [5.74, 6) is -1.32. The Labute approximate surface area is 159 Å². The molecule has 0 radical (unpaired) electrons. The van der Waals surface area contributed by atoms with Crippen LogP contribution < -0.4 is 15.8 Å². The van der Waals surface area contributed by atoms with Gasteiger partial charge in [0, 0.05) is 11.3 Å². The summed E-state index contributed by atoms with van der Waals surface area (Å²) in [4.78, 5) is 24.4. The Kier molecular flexibility index (Phi) is 5.06. The first-order valence-corrected chi connectivity index (χ1v) is 8.68. The summed E-state index contributed by atoms with van der Waals surface area (Å²) < 4.78 is 41.5. The lowest BCUT2D eigenvalue weighted by Gasteiger charge is -2.40. The maximum atomic E-state index is 13.0. The van der Waals surface area contributed by atoms with Crippen molar-refractivity contribution in [2.24, 2.45) is 5.73 Å². The monoisotopic (exact) mass is 392 g/mol. The number of hydrogen-bond acceptors (Lipinski definition) is 3. The molecule has 8 heteroatoms. The largest absolute Gasteiger partial charge is 0.573 e. The van der Waals surface area contributed by atoms with Crippen molar-refractivity contribution in [2.75, 3.05) is 5.32 Å². The third-order valence-electron chi connectivity index (χ3n) is 4.88. The molecule has 1 aliphatic rings. The zero-order chi connectivity index (χ0) is 20.5. The van der Waals surface area contributed by atoms with Gasteiger partial charge in [-0.2, -0.15) is 0 Å². The van der Waals surface area contributed by atoms with Crippen molar-refractivity contribution in [2.45, 2.75) is 38.0 Å². The summed E-state index contributed by atoms with van der Waals surface area (Å²) >= 11 is 0. The first-order chi connectivity index (χ1) is 13.1. The number of ether oxygens (including phenoxy) is 1. The normalized spacial score (nSPS) is 15.4. The van der Waals surface area contributed by atoms with Crippen LogP contribution in [0.4, 0.5) is 18.9 Å². The SMILES string of the molecule is Cc1cc(NC(=O)C2(c3cccc(OC(F)(F)F)c3)CCC2)cc(C(N)=O)c1. The minimum Gasteiger partial charge on any atom is -0.406 e. The zero-order valence-electron chi connectivity index (χ0n) is 15.1. The predicted molar refractivity (Wildman–Crippen MR) is 97.0 cm³/mol. The van der Waals surface area contributed by atoms with E-state index in [4.69, 9.17) is 5.73 Å². The number of nitrogens with two attached hydrogens (primary N) is 1. The Morgan fingerprint density at radius 3 is 2.43 bits per heavy atom. The number of hydrogen-bond donors (Lipinski definition) is 2. The van der Waals surface area contributed by atoms with Crippen LogP contribution in [0.15, 0.2) is 42.5 Å². The van der Waals surface area contributed by atoms with Crippen LogP contribution >= 0.6 is 0 Å². The van der Waals surface area contributed by atoms with Crippen LogP contribution in [0.1, 0.15) is 40.7 Å². The summed E-state index contributed by atoms with van der Waals surface area (Å²) in [6.45, 7) is 1.76. The van der Waals surface area contributed by atoms with Crippen molar-refractivity contribution in [3.63, 3.8) is 0 Å². The van der Waals surface area contributed by atoms with Gasteiger partial charge in [0.05, 0.1) is 5.41 Å². The second kappa shape index (κ2) is 7.18. The number of primary amides is 1. The van der Waals surface area contributed by atoms with Crippen LogP contribution in [0.25, 0.3) is 0 Å². The van der Waals surface area contributed by atoms with Gasteiger partial charge in [0.2, 0.25) is 11.8 Å². The molecule has 0 atom stereocenters. The van der Waals surface area contributed by atoms with Crippen molar-refractivity contribution in [3.05, 3.63) is 59.2 Å². The predicted octanol–water partition coefficient (Wildman–Crippen LogP) is 4.05. The van der Waals surface area contributed by atoms with Gasteiger partial charge < -0.3 is 15.8 Å². The third kappa shape index (κ3) is 4.11. The van der Waals surface area contributed by atoms with Crippen LogP contribution in [-0.4, -0.2) is 18.2 Å². The van der Waals surface area contributed by atoms with E-state index in [9.17, 15) is 22.8 Å². The van der Waals surface area contributed by atoms with Crippen molar-refractivity contribution in [3.8, 4) is 5.75 Å². The quantitative estimate of drug-likeness (QED) is 0.805. The molecule has 2 amide bonds. The van der Waals surface area contributed by atoms with E-state index in [2.05, 4.69) is 10.1 Å². The van der Waals surface area contributed by atoms with Crippen LogP contribution in [0.3, 0.4) is 0 Å². The number of halogens is 3. The number of amides is 2. The topological polar surface area (TPSA) is 81.4 Å². The van der Waals surface area contributed by atoms with E-state index in [1.54, 1.807) is 25.1 Å². The highest BCUT2D eigenvalue weighted by atomic mass is 19.4. The van der Waals surface area contributed by atoms with Crippen molar-refractivity contribution >= 4 is 17.5 Å². The molecule has 1 aliphatic carbocycles. The number of aryl methyl sites for hydroxylation is 1. The Hall–Kier alpha value is -3.03. The number of nitrogens with one attached hydrogen (secondary N) is 1. The highest BCUT2D eigenvalue weighted by Crippen LogP contribution is 2.45. The zero-order valence-corrected chi connectivity index (χ0v) is 15.1. The average Bonchev–Trinajstić information content (AvgIpc) is 2.51. The maximum absolute atomic E-state index is 13.0. The van der Waals surface area contributed by atoms with E-state index in [1.165, 1.54) is 24.3 Å². The molecule has 0 saturated heterocycles. The fraction of sp³-hybridized carbons (Fsp3) is 0.300. The summed E-state index contributed by atoms with van der Waals surface area (Å²) in [7, 11) is 0. The van der Waals surface area contributed by atoms with Gasteiger partial charge in [-0.25, -0.2) is 0 Å². The third-order valence-corrected chi connectivity index (χ3v) is 4.88.